The standard InChI is InChI=1S/C12H18Cl2N2O3S/c1-3-19-5-4-16-20(17,18)12-6-9(8-15-2)10(13)7-11(12)14/h6-7,15-16H,3-5,8H2,1-2H3. The van der Waals surface area contributed by atoms with E-state index in [2.05, 4.69) is 10.0 Å². The molecule has 0 aliphatic heterocycles. The molecule has 0 aliphatic rings. The summed E-state index contributed by atoms with van der Waals surface area (Å²) in [5, 5.41) is 3.44. The fourth-order valence-electron chi connectivity index (χ4n) is 1.57. The molecule has 0 bridgehead atoms. The zero-order valence-electron chi connectivity index (χ0n) is 11.4. The van der Waals surface area contributed by atoms with Gasteiger partial charge in [0.05, 0.1) is 11.6 Å². The van der Waals surface area contributed by atoms with Crippen LogP contribution in [0.4, 0.5) is 0 Å². The Hall–Kier alpha value is -0.370. The Kier molecular flexibility index (Phi) is 7.22. The minimum atomic E-state index is -3.68. The highest BCUT2D eigenvalue weighted by Crippen LogP contribution is 2.28. The van der Waals surface area contributed by atoms with E-state index >= 15 is 0 Å². The number of halogens is 2. The van der Waals surface area contributed by atoms with Crippen molar-refractivity contribution in [3.63, 3.8) is 0 Å². The van der Waals surface area contributed by atoms with E-state index in [1.165, 1.54) is 12.1 Å². The van der Waals surface area contributed by atoms with E-state index in [1.807, 2.05) is 6.92 Å². The van der Waals surface area contributed by atoms with Gasteiger partial charge in [-0.05, 0) is 31.7 Å². The highest BCUT2D eigenvalue weighted by molar-refractivity contribution is 7.89. The number of hydrogen-bond donors (Lipinski definition) is 2. The van der Waals surface area contributed by atoms with Crippen molar-refractivity contribution in [3.8, 4) is 0 Å². The predicted octanol–water partition coefficient (Wildman–Crippen LogP) is 2.03. The van der Waals surface area contributed by atoms with Gasteiger partial charge in [0.1, 0.15) is 4.90 Å². The Bertz CT molecular complexity index is 550. The molecule has 0 saturated carbocycles. The minimum absolute atomic E-state index is 0.0188. The largest absolute Gasteiger partial charge is 0.380 e. The molecule has 0 spiro atoms. The van der Waals surface area contributed by atoms with Gasteiger partial charge in [-0.2, -0.15) is 0 Å². The summed E-state index contributed by atoms with van der Waals surface area (Å²) >= 11 is 12.0. The summed E-state index contributed by atoms with van der Waals surface area (Å²) < 4.78 is 31.9. The van der Waals surface area contributed by atoms with Crippen LogP contribution < -0.4 is 10.0 Å². The monoisotopic (exact) mass is 340 g/mol. The van der Waals surface area contributed by atoms with Crippen molar-refractivity contribution in [3.05, 3.63) is 27.7 Å². The lowest BCUT2D eigenvalue weighted by Gasteiger charge is -2.11. The van der Waals surface area contributed by atoms with Gasteiger partial charge in [0.15, 0.2) is 0 Å². The van der Waals surface area contributed by atoms with Crippen LogP contribution in [0, 0.1) is 0 Å². The Morgan fingerprint density at radius 2 is 1.95 bits per heavy atom. The molecule has 1 aromatic carbocycles. The van der Waals surface area contributed by atoms with Crippen molar-refractivity contribution in [1.29, 1.82) is 0 Å². The van der Waals surface area contributed by atoms with Crippen LogP contribution in [-0.4, -0.2) is 35.2 Å². The summed E-state index contributed by atoms with van der Waals surface area (Å²) in [7, 11) is -1.93. The highest BCUT2D eigenvalue weighted by Gasteiger charge is 2.19. The average molecular weight is 341 g/mol. The SMILES string of the molecule is CCOCCNS(=O)(=O)c1cc(CNC)c(Cl)cc1Cl. The quantitative estimate of drug-likeness (QED) is 0.710. The molecule has 2 N–H and O–H groups in total. The molecule has 1 rings (SSSR count). The van der Waals surface area contributed by atoms with E-state index in [4.69, 9.17) is 27.9 Å². The number of benzene rings is 1. The Labute approximate surface area is 129 Å². The maximum absolute atomic E-state index is 12.2. The van der Waals surface area contributed by atoms with Gasteiger partial charge in [0, 0.05) is 24.7 Å². The van der Waals surface area contributed by atoms with Crippen molar-refractivity contribution in [2.24, 2.45) is 0 Å². The van der Waals surface area contributed by atoms with Crippen LogP contribution in [0.25, 0.3) is 0 Å². The Balaban J connectivity index is 2.96. The number of sulfonamides is 1. The molecule has 0 atom stereocenters. The first-order valence-corrected chi connectivity index (χ1v) is 8.36. The van der Waals surface area contributed by atoms with Gasteiger partial charge in [0.25, 0.3) is 0 Å². The van der Waals surface area contributed by atoms with Crippen molar-refractivity contribution < 1.29 is 13.2 Å². The molecule has 0 aromatic heterocycles. The molecular weight excluding hydrogens is 323 g/mol. The van der Waals surface area contributed by atoms with Crippen LogP contribution >= 0.6 is 23.2 Å². The van der Waals surface area contributed by atoms with Crippen LogP contribution in [0.5, 0.6) is 0 Å². The fraction of sp³-hybridized carbons (Fsp3) is 0.500. The Morgan fingerprint density at radius 3 is 2.55 bits per heavy atom. The molecule has 0 fully saturated rings. The van der Waals surface area contributed by atoms with Gasteiger partial charge in [-0.1, -0.05) is 23.2 Å². The van der Waals surface area contributed by atoms with E-state index < -0.39 is 10.0 Å². The fourth-order valence-corrected chi connectivity index (χ4v) is 3.45. The van der Waals surface area contributed by atoms with Crippen LogP contribution in [0.1, 0.15) is 12.5 Å². The van der Waals surface area contributed by atoms with Crippen molar-refractivity contribution in [2.75, 3.05) is 26.8 Å². The van der Waals surface area contributed by atoms with Crippen molar-refractivity contribution in [2.45, 2.75) is 18.4 Å². The van der Waals surface area contributed by atoms with E-state index in [1.54, 1.807) is 7.05 Å². The molecule has 5 nitrogen and oxygen atoms in total. The second-order valence-electron chi connectivity index (χ2n) is 4.00. The lowest BCUT2D eigenvalue weighted by atomic mass is 10.2. The molecule has 20 heavy (non-hydrogen) atoms. The molecule has 8 heteroatoms. The molecule has 0 unspecified atom stereocenters. The van der Waals surface area contributed by atoms with Gasteiger partial charge in [0.2, 0.25) is 10.0 Å². The molecule has 0 radical (unpaired) electrons. The normalized spacial score (nSPS) is 11.8. The molecule has 0 heterocycles. The smallest absolute Gasteiger partial charge is 0.242 e. The van der Waals surface area contributed by atoms with Crippen LogP contribution in [0.3, 0.4) is 0 Å². The third kappa shape index (κ3) is 4.87. The summed E-state index contributed by atoms with van der Waals surface area (Å²) in [6, 6.07) is 2.91. The van der Waals surface area contributed by atoms with E-state index in [0.717, 1.165) is 0 Å². The van der Waals surface area contributed by atoms with E-state index in [9.17, 15) is 8.42 Å². The molecule has 1 aromatic rings. The van der Waals surface area contributed by atoms with Gasteiger partial charge >= 0.3 is 0 Å². The lowest BCUT2D eigenvalue weighted by molar-refractivity contribution is 0.153. The maximum atomic E-state index is 12.2. The highest BCUT2D eigenvalue weighted by atomic mass is 35.5. The van der Waals surface area contributed by atoms with Gasteiger partial charge < -0.3 is 10.1 Å². The minimum Gasteiger partial charge on any atom is -0.380 e. The lowest BCUT2D eigenvalue weighted by Crippen LogP contribution is -2.28. The van der Waals surface area contributed by atoms with Crippen molar-refractivity contribution >= 4 is 33.2 Å². The summed E-state index contributed by atoms with van der Waals surface area (Å²) in [6.07, 6.45) is 0. The molecule has 0 aliphatic carbocycles. The second-order valence-corrected chi connectivity index (χ2v) is 6.55. The topological polar surface area (TPSA) is 67.4 Å². The van der Waals surface area contributed by atoms with Crippen molar-refractivity contribution in [1.82, 2.24) is 10.0 Å². The van der Waals surface area contributed by atoms with Crippen LogP contribution in [0.15, 0.2) is 17.0 Å². The van der Waals surface area contributed by atoms with Crippen LogP contribution in [-0.2, 0) is 21.3 Å². The number of nitrogens with one attached hydrogen (secondary N) is 2. The van der Waals surface area contributed by atoms with Gasteiger partial charge in [-0.25, -0.2) is 13.1 Å². The van der Waals surface area contributed by atoms with E-state index in [-0.39, 0.29) is 16.5 Å². The summed E-state index contributed by atoms with van der Waals surface area (Å²) in [6.45, 7) is 3.34. The molecule has 0 saturated heterocycles. The molecular formula is C12H18Cl2N2O3S. The molecule has 114 valence electrons. The summed E-state index contributed by atoms with van der Waals surface area (Å²) in [4.78, 5) is 0.0188. The predicted molar refractivity (Wildman–Crippen MR) is 80.9 cm³/mol. The first kappa shape index (κ1) is 17.7. The third-order valence-electron chi connectivity index (χ3n) is 2.50. The zero-order valence-corrected chi connectivity index (χ0v) is 13.7. The first-order chi connectivity index (χ1) is 9.42. The van der Waals surface area contributed by atoms with Crippen LogP contribution in [0.2, 0.25) is 10.0 Å². The summed E-state index contributed by atoms with van der Waals surface area (Å²) in [5.41, 5.74) is 0.670. The number of ether oxygens (including phenoxy) is 1. The number of hydrogen-bond acceptors (Lipinski definition) is 4. The number of rotatable bonds is 8. The third-order valence-corrected chi connectivity index (χ3v) is 4.78. The first-order valence-electron chi connectivity index (χ1n) is 6.12. The zero-order chi connectivity index (χ0) is 15.2. The second kappa shape index (κ2) is 8.17. The average Bonchev–Trinajstić information content (AvgIpc) is 2.38. The maximum Gasteiger partial charge on any atom is 0.242 e. The van der Waals surface area contributed by atoms with E-state index in [0.29, 0.717) is 30.3 Å². The molecule has 0 amide bonds. The van der Waals surface area contributed by atoms with Gasteiger partial charge in [-0.15, -0.1) is 0 Å². The summed E-state index contributed by atoms with van der Waals surface area (Å²) in [5.74, 6) is 0. The van der Waals surface area contributed by atoms with Gasteiger partial charge in [-0.3, -0.25) is 0 Å². The Morgan fingerprint density at radius 1 is 1.25 bits per heavy atom.